The molecule has 0 spiro atoms. The molecule has 2 unspecified atom stereocenters. The van der Waals surface area contributed by atoms with Gasteiger partial charge in [0.2, 0.25) is 0 Å². The Labute approximate surface area is 104 Å². The lowest BCUT2D eigenvalue weighted by molar-refractivity contribution is -0.143. The van der Waals surface area contributed by atoms with E-state index in [2.05, 4.69) is 15.4 Å². The van der Waals surface area contributed by atoms with E-state index in [0.29, 0.717) is 12.8 Å². The highest BCUT2D eigenvalue weighted by Crippen LogP contribution is 2.29. The number of aliphatic carboxylic acids is 1. The van der Waals surface area contributed by atoms with Gasteiger partial charge in [0.05, 0.1) is 17.6 Å². The van der Waals surface area contributed by atoms with E-state index < -0.39 is 5.97 Å². The minimum Gasteiger partial charge on any atom is -0.481 e. The molecule has 1 aliphatic rings. The van der Waals surface area contributed by atoms with Crippen LogP contribution in [0.4, 0.5) is 0 Å². The van der Waals surface area contributed by atoms with E-state index in [1.807, 2.05) is 12.3 Å². The molecule has 6 heteroatoms. The highest BCUT2D eigenvalue weighted by molar-refractivity contribution is 5.70. The number of hydrogen-bond acceptors (Lipinski definition) is 4. The second-order valence-corrected chi connectivity index (χ2v) is 4.58. The molecule has 1 saturated heterocycles. The lowest BCUT2D eigenvalue weighted by atomic mass is 9.89. The van der Waals surface area contributed by atoms with Gasteiger partial charge in [0.1, 0.15) is 6.33 Å². The van der Waals surface area contributed by atoms with Crippen LogP contribution in [0.15, 0.2) is 24.8 Å². The van der Waals surface area contributed by atoms with Gasteiger partial charge in [0.15, 0.2) is 0 Å². The maximum atomic E-state index is 11.1. The van der Waals surface area contributed by atoms with Crippen molar-refractivity contribution in [2.75, 3.05) is 6.54 Å². The van der Waals surface area contributed by atoms with Gasteiger partial charge in [-0.2, -0.15) is 5.10 Å². The summed E-state index contributed by atoms with van der Waals surface area (Å²) in [6.45, 7) is 0.729. The highest BCUT2D eigenvalue weighted by atomic mass is 16.4. The van der Waals surface area contributed by atoms with Crippen LogP contribution in [-0.2, 0) is 4.79 Å². The summed E-state index contributed by atoms with van der Waals surface area (Å²) in [4.78, 5) is 15.1. The Morgan fingerprint density at radius 3 is 3.28 bits per heavy atom. The van der Waals surface area contributed by atoms with Crippen LogP contribution in [0.5, 0.6) is 0 Å². The van der Waals surface area contributed by atoms with E-state index >= 15 is 0 Å². The Balaban J connectivity index is 1.92. The summed E-state index contributed by atoms with van der Waals surface area (Å²) in [5.41, 5.74) is 2.00. The summed E-state index contributed by atoms with van der Waals surface area (Å²) in [6, 6.07) is 2.04. The molecular formula is C12H14N4O2. The van der Waals surface area contributed by atoms with Gasteiger partial charge in [-0.3, -0.25) is 4.79 Å². The number of carboxylic acids is 1. The molecular weight excluding hydrogens is 232 g/mol. The van der Waals surface area contributed by atoms with Crippen LogP contribution in [0.3, 0.4) is 0 Å². The van der Waals surface area contributed by atoms with E-state index in [4.69, 9.17) is 5.11 Å². The van der Waals surface area contributed by atoms with Crippen LogP contribution in [0.1, 0.15) is 24.4 Å². The SMILES string of the molecule is O=C(O)C1CCNC(c2ccn3ncncc23)C1. The molecule has 2 aromatic rings. The summed E-state index contributed by atoms with van der Waals surface area (Å²) in [5, 5.41) is 16.6. The minimum atomic E-state index is -0.707. The van der Waals surface area contributed by atoms with Crippen LogP contribution in [-0.4, -0.2) is 32.2 Å². The summed E-state index contributed by atoms with van der Waals surface area (Å²) >= 11 is 0. The lowest BCUT2D eigenvalue weighted by Gasteiger charge is -2.27. The number of nitrogens with zero attached hydrogens (tertiary/aromatic N) is 3. The Hall–Kier alpha value is -1.95. The molecule has 1 aliphatic heterocycles. The third-order valence-electron chi connectivity index (χ3n) is 3.51. The van der Waals surface area contributed by atoms with Gasteiger partial charge in [0, 0.05) is 12.2 Å². The molecule has 0 aliphatic carbocycles. The zero-order valence-corrected chi connectivity index (χ0v) is 9.78. The quantitative estimate of drug-likeness (QED) is 0.821. The van der Waals surface area contributed by atoms with Crippen LogP contribution in [0, 0.1) is 5.92 Å². The number of rotatable bonds is 2. The molecule has 1 fully saturated rings. The molecule has 2 aromatic heterocycles. The summed E-state index contributed by atoms with van der Waals surface area (Å²) < 4.78 is 1.76. The van der Waals surface area contributed by atoms with E-state index in [1.165, 1.54) is 6.33 Å². The zero-order chi connectivity index (χ0) is 12.5. The van der Waals surface area contributed by atoms with E-state index in [-0.39, 0.29) is 12.0 Å². The first-order valence-electron chi connectivity index (χ1n) is 5.99. The standard InChI is InChI=1S/C12H14N4O2/c17-12(18)8-1-3-14-10(5-8)9-2-4-16-11(9)6-13-7-15-16/h2,4,6-8,10,14H,1,3,5H2,(H,17,18). The van der Waals surface area contributed by atoms with Crippen molar-refractivity contribution in [3.05, 3.63) is 30.4 Å². The topological polar surface area (TPSA) is 79.5 Å². The molecule has 0 saturated carbocycles. The first-order chi connectivity index (χ1) is 8.75. The van der Waals surface area contributed by atoms with Crippen LogP contribution in [0.2, 0.25) is 0 Å². The number of fused-ring (bicyclic) bond motifs is 1. The predicted molar refractivity (Wildman–Crippen MR) is 64.1 cm³/mol. The number of piperidine rings is 1. The Morgan fingerprint density at radius 1 is 1.56 bits per heavy atom. The van der Waals surface area contributed by atoms with Gasteiger partial charge in [-0.05, 0) is 31.0 Å². The number of nitrogens with one attached hydrogen (secondary N) is 1. The van der Waals surface area contributed by atoms with Crippen molar-refractivity contribution >= 4 is 11.5 Å². The summed E-state index contributed by atoms with van der Waals surface area (Å²) in [5.74, 6) is -0.975. The predicted octanol–water partition coefficient (Wildman–Crippen LogP) is 0.855. The van der Waals surface area contributed by atoms with Crippen molar-refractivity contribution in [1.29, 1.82) is 0 Å². The molecule has 0 amide bonds. The Morgan fingerprint density at radius 2 is 2.44 bits per heavy atom. The minimum absolute atomic E-state index is 0.0656. The second-order valence-electron chi connectivity index (χ2n) is 4.58. The number of carbonyl (C=O) groups is 1. The Bertz CT molecular complexity index is 580. The molecule has 18 heavy (non-hydrogen) atoms. The molecule has 94 valence electrons. The molecule has 0 aromatic carbocycles. The van der Waals surface area contributed by atoms with Crippen molar-refractivity contribution in [3.8, 4) is 0 Å². The smallest absolute Gasteiger partial charge is 0.306 e. The van der Waals surface area contributed by atoms with Gasteiger partial charge in [-0.25, -0.2) is 9.50 Å². The average Bonchev–Trinajstić information content (AvgIpc) is 2.82. The number of carboxylic acid groups (broad SMARTS) is 1. The first-order valence-corrected chi connectivity index (χ1v) is 5.99. The lowest BCUT2D eigenvalue weighted by Crippen LogP contribution is -2.34. The third kappa shape index (κ3) is 1.84. The maximum Gasteiger partial charge on any atom is 0.306 e. The van der Waals surface area contributed by atoms with Gasteiger partial charge in [-0.1, -0.05) is 0 Å². The monoisotopic (exact) mass is 246 g/mol. The van der Waals surface area contributed by atoms with Gasteiger partial charge >= 0.3 is 5.97 Å². The molecule has 3 rings (SSSR count). The Kier molecular flexibility index (Phi) is 2.71. The van der Waals surface area contributed by atoms with Crippen molar-refractivity contribution in [3.63, 3.8) is 0 Å². The maximum absolute atomic E-state index is 11.1. The van der Waals surface area contributed by atoms with Crippen molar-refractivity contribution in [1.82, 2.24) is 19.9 Å². The fourth-order valence-electron chi connectivity index (χ4n) is 2.55. The highest BCUT2D eigenvalue weighted by Gasteiger charge is 2.28. The van der Waals surface area contributed by atoms with E-state index in [1.54, 1.807) is 10.7 Å². The second kappa shape index (κ2) is 4.38. The fourth-order valence-corrected chi connectivity index (χ4v) is 2.55. The van der Waals surface area contributed by atoms with Crippen LogP contribution >= 0.6 is 0 Å². The van der Waals surface area contributed by atoms with Crippen LogP contribution in [0.25, 0.3) is 5.52 Å². The summed E-state index contributed by atoms with van der Waals surface area (Å²) in [6.07, 6.45) is 6.43. The number of hydrogen-bond donors (Lipinski definition) is 2. The van der Waals surface area contributed by atoms with E-state index in [9.17, 15) is 4.79 Å². The third-order valence-corrected chi connectivity index (χ3v) is 3.51. The van der Waals surface area contributed by atoms with E-state index in [0.717, 1.165) is 17.6 Å². The zero-order valence-electron chi connectivity index (χ0n) is 9.78. The fraction of sp³-hybridized carbons (Fsp3) is 0.417. The molecule has 2 N–H and O–H groups in total. The van der Waals surface area contributed by atoms with Gasteiger partial charge in [-0.15, -0.1) is 0 Å². The average molecular weight is 246 g/mol. The van der Waals surface area contributed by atoms with Crippen LogP contribution < -0.4 is 5.32 Å². The van der Waals surface area contributed by atoms with Gasteiger partial charge in [0.25, 0.3) is 0 Å². The molecule has 0 bridgehead atoms. The summed E-state index contributed by atoms with van der Waals surface area (Å²) in [7, 11) is 0. The van der Waals surface area contributed by atoms with Gasteiger partial charge < -0.3 is 10.4 Å². The largest absolute Gasteiger partial charge is 0.481 e. The van der Waals surface area contributed by atoms with Crippen molar-refractivity contribution in [2.45, 2.75) is 18.9 Å². The number of aromatic nitrogens is 3. The van der Waals surface area contributed by atoms with Crippen molar-refractivity contribution in [2.24, 2.45) is 5.92 Å². The molecule has 6 nitrogen and oxygen atoms in total. The normalized spacial score (nSPS) is 24.2. The molecule has 2 atom stereocenters. The molecule has 3 heterocycles. The van der Waals surface area contributed by atoms with Crippen molar-refractivity contribution < 1.29 is 9.90 Å². The first kappa shape index (κ1) is 11.2. The molecule has 0 radical (unpaired) electrons.